The third kappa shape index (κ3) is 7.18. The minimum absolute atomic E-state index is 0.0573. The van der Waals surface area contributed by atoms with Gasteiger partial charge < -0.3 is 15.0 Å². The van der Waals surface area contributed by atoms with E-state index in [2.05, 4.69) is 5.32 Å². The third-order valence-electron chi connectivity index (χ3n) is 5.13. The van der Waals surface area contributed by atoms with E-state index in [0.29, 0.717) is 12.2 Å². The van der Waals surface area contributed by atoms with Crippen LogP contribution in [0.4, 0.5) is 10.1 Å². The second kappa shape index (κ2) is 11.8. The maximum atomic E-state index is 14.4. The number of amides is 2. The number of anilines is 1. The van der Waals surface area contributed by atoms with E-state index in [1.54, 1.807) is 31.2 Å². The van der Waals surface area contributed by atoms with Gasteiger partial charge in [0.05, 0.1) is 19.1 Å². The van der Waals surface area contributed by atoms with Crippen LogP contribution in [-0.4, -0.2) is 57.1 Å². The Morgan fingerprint density at radius 2 is 1.71 bits per heavy atom. The Morgan fingerprint density at radius 3 is 2.21 bits per heavy atom. The average molecular weight is 494 g/mol. The van der Waals surface area contributed by atoms with Crippen molar-refractivity contribution in [2.75, 3.05) is 24.2 Å². The molecular weight excluding hydrogens is 461 g/mol. The minimum Gasteiger partial charge on any atom is -0.497 e. The number of hydrogen-bond acceptors (Lipinski definition) is 5. The van der Waals surface area contributed by atoms with E-state index >= 15 is 0 Å². The number of halogens is 1. The number of sulfonamides is 1. The molecule has 1 atom stereocenters. The second-order valence-electron chi connectivity index (χ2n) is 8.18. The Bertz CT molecular complexity index is 1090. The number of nitrogens with one attached hydrogen (secondary N) is 1. The highest BCUT2D eigenvalue weighted by atomic mass is 32.2. The van der Waals surface area contributed by atoms with Crippen LogP contribution < -0.4 is 14.4 Å². The molecule has 2 aromatic rings. The van der Waals surface area contributed by atoms with E-state index in [4.69, 9.17) is 4.74 Å². The number of rotatable bonds is 11. The number of carbonyl (C=O) groups excluding carboxylic acids is 2. The fourth-order valence-electron chi connectivity index (χ4n) is 3.48. The standard InChI is InChI=1S/C24H32FN3O5S/c1-6-21(24(30)26-17(2)3)27(15-18-11-13-19(33-4)14-12-18)23(29)16-28(34(5,31)32)22-10-8-7-9-20(22)25/h7-14,17,21H,6,15-16H2,1-5H3,(H,26,30)/t21-/m0/s1. The summed E-state index contributed by atoms with van der Waals surface area (Å²) in [6, 6.07) is 11.3. The quantitative estimate of drug-likeness (QED) is 0.519. The van der Waals surface area contributed by atoms with Crippen LogP contribution in [0.15, 0.2) is 48.5 Å². The highest BCUT2D eigenvalue weighted by molar-refractivity contribution is 7.92. The van der Waals surface area contributed by atoms with Gasteiger partial charge in [0, 0.05) is 12.6 Å². The molecule has 0 saturated heterocycles. The highest BCUT2D eigenvalue weighted by Gasteiger charge is 2.32. The number of benzene rings is 2. The second-order valence-corrected chi connectivity index (χ2v) is 10.1. The minimum atomic E-state index is -3.99. The van der Waals surface area contributed by atoms with Crippen molar-refractivity contribution >= 4 is 27.5 Å². The molecule has 34 heavy (non-hydrogen) atoms. The normalized spacial score (nSPS) is 12.2. The third-order valence-corrected chi connectivity index (χ3v) is 6.26. The van der Waals surface area contributed by atoms with Gasteiger partial charge in [-0.3, -0.25) is 13.9 Å². The fraction of sp³-hybridized carbons (Fsp3) is 0.417. The molecule has 0 radical (unpaired) electrons. The molecule has 0 aliphatic rings. The smallest absolute Gasteiger partial charge is 0.244 e. The molecule has 2 aromatic carbocycles. The van der Waals surface area contributed by atoms with E-state index in [0.717, 1.165) is 22.2 Å². The number of hydrogen-bond donors (Lipinski definition) is 1. The van der Waals surface area contributed by atoms with Crippen LogP contribution in [0.25, 0.3) is 0 Å². The van der Waals surface area contributed by atoms with Gasteiger partial charge in [0.2, 0.25) is 21.8 Å². The summed E-state index contributed by atoms with van der Waals surface area (Å²) < 4.78 is 45.3. The predicted octanol–water partition coefficient (Wildman–Crippen LogP) is 2.93. The Kier molecular flexibility index (Phi) is 9.43. The number of carbonyl (C=O) groups is 2. The van der Waals surface area contributed by atoms with E-state index in [-0.39, 0.29) is 24.2 Å². The Labute approximate surface area is 200 Å². The zero-order chi connectivity index (χ0) is 25.5. The molecule has 0 fully saturated rings. The van der Waals surface area contributed by atoms with Gasteiger partial charge in [0.1, 0.15) is 24.2 Å². The molecule has 1 N–H and O–H groups in total. The van der Waals surface area contributed by atoms with Crippen molar-refractivity contribution in [2.45, 2.75) is 45.8 Å². The van der Waals surface area contributed by atoms with Crippen molar-refractivity contribution in [1.82, 2.24) is 10.2 Å². The lowest BCUT2D eigenvalue weighted by Gasteiger charge is -2.33. The molecule has 2 amide bonds. The summed E-state index contributed by atoms with van der Waals surface area (Å²) in [4.78, 5) is 27.7. The lowest BCUT2D eigenvalue weighted by molar-refractivity contribution is -0.140. The largest absolute Gasteiger partial charge is 0.497 e. The molecule has 8 nitrogen and oxygen atoms in total. The lowest BCUT2D eigenvalue weighted by Crippen LogP contribution is -2.53. The molecule has 0 saturated carbocycles. The number of para-hydroxylation sites is 1. The van der Waals surface area contributed by atoms with Crippen LogP contribution in [-0.2, 0) is 26.2 Å². The van der Waals surface area contributed by atoms with Crippen molar-refractivity contribution in [3.63, 3.8) is 0 Å². The molecule has 0 aromatic heterocycles. The Hall–Kier alpha value is -3.14. The van der Waals surface area contributed by atoms with Crippen molar-refractivity contribution in [3.8, 4) is 5.75 Å². The summed E-state index contributed by atoms with van der Waals surface area (Å²) >= 11 is 0. The maximum Gasteiger partial charge on any atom is 0.244 e. The number of ether oxygens (including phenoxy) is 1. The summed E-state index contributed by atoms with van der Waals surface area (Å²) in [5.74, 6) is -1.12. The van der Waals surface area contributed by atoms with Crippen LogP contribution in [0.1, 0.15) is 32.8 Å². The SMILES string of the molecule is CC[C@@H](C(=O)NC(C)C)N(Cc1ccc(OC)cc1)C(=O)CN(c1ccccc1F)S(C)(=O)=O. The molecular formula is C24H32FN3O5S. The van der Waals surface area contributed by atoms with Crippen molar-refractivity contribution in [2.24, 2.45) is 0 Å². The van der Waals surface area contributed by atoms with Crippen molar-refractivity contribution < 1.29 is 27.1 Å². The summed E-state index contributed by atoms with van der Waals surface area (Å²) in [5.41, 5.74) is 0.490. The van der Waals surface area contributed by atoms with Crippen LogP contribution in [0.3, 0.4) is 0 Å². The molecule has 0 aliphatic heterocycles. The molecule has 186 valence electrons. The first-order valence-electron chi connectivity index (χ1n) is 10.9. The average Bonchev–Trinajstić information content (AvgIpc) is 2.77. The first-order chi connectivity index (χ1) is 16.0. The van der Waals surface area contributed by atoms with E-state index in [9.17, 15) is 22.4 Å². The lowest BCUT2D eigenvalue weighted by atomic mass is 10.1. The molecule has 10 heteroatoms. The summed E-state index contributed by atoms with van der Waals surface area (Å²) in [6.45, 7) is 4.79. The monoisotopic (exact) mass is 493 g/mol. The van der Waals surface area contributed by atoms with Gasteiger partial charge in [-0.2, -0.15) is 0 Å². The Balaban J connectivity index is 2.44. The van der Waals surface area contributed by atoms with Crippen LogP contribution in [0.5, 0.6) is 5.75 Å². The van der Waals surface area contributed by atoms with Crippen LogP contribution >= 0.6 is 0 Å². The van der Waals surface area contributed by atoms with E-state index < -0.39 is 34.3 Å². The van der Waals surface area contributed by atoms with Gasteiger partial charge in [-0.15, -0.1) is 0 Å². The fourth-order valence-corrected chi connectivity index (χ4v) is 4.33. The van der Waals surface area contributed by atoms with Crippen LogP contribution in [0.2, 0.25) is 0 Å². The summed E-state index contributed by atoms with van der Waals surface area (Å²) in [7, 11) is -2.46. The summed E-state index contributed by atoms with van der Waals surface area (Å²) in [5, 5.41) is 2.81. The molecule has 2 rings (SSSR count). The Morgan fingerprint density at radius 1 is 1.09 bits per heavy atom. The molecule has 0 bridgehead atoms. The molecule has 0 unspecified atom stereocenters. The molecule has 0 spiro atoms. The highest BCUT2D eigenvalue weighted by Crippen LogP contribution is 2.23. The van der Waals surface area contributed by atoms with Gasteiger partial charge >= 0.3 is 0 Å². The maximum absolute atomic E-state index is 14.4. The van der Waals surface area contributed by atoms with Crippen molar-refractivity contribution in [3.05, 3.63) is 59.9 Å². The first-order valence-corrected chi connectivity index (χ1v) is 12.8. The first kappa shape index (κ1) is 27.1. The zero-order valence-electron chi connectivity index (χ0n) is 20.1. The van der Waals surface area contributed by atoms with Crippen LogP contribution in [0, 0.1) is 5.82 Å². The topological polar surface area (TPSA) is 96.0 Å². The van der Waals surface area contributed by atoms with E-state index in [1.165, 1.54) is 30.2 Å². The number of methoxy groups -OCH3 is 1. The van der Waals surface area contributed by atoms with Gasteiger partial charge in [-0.05, 0) is 50.1 Å². The number of nitrogens with zero attached hydrogens (tertiary/aromatic N) is 2. The van der Waals surface area contributed by atoms with Crippen molar-refractivity contribution in [1.29, 1.82) is 0 Å². The zero-order valence-corrected chi connectivity index (χ0v) is 20.9. The van der Waals surface area contributed by atoms with Gasteiger partial charge in [0.25, 0.3) is 0 Å². The van der Waals surface area contributed by atoms with Gasteiger partial charge in [-0.1, -0.05) is 31.2 Å². The van der Waals surface area contributed by atoms with Gasteiger partial charge in [-0.25, -0.2) is 12.8 Å². The molecule has 0 heterocycles. The van der Waals surface area contributed by atoms with Gasteiger partial charge in [0.15, 0.2) is 0 Å². The van der Waals surface area contributed by atoms with E-state index in [1.807, 2.05) is 13.8 Å². The predicted molar refractivity (Wildman–Crippen MR) is 129 cm³/mol. The summed E-state index contributed by atoms with van der Waals surface area (Å²) in [6.07, 6.45) is 1.21. The molecule has 0 aliphatic carbocycles.